The Labute approximate surface area is 140 Å². The number of nitrogens with one attached hydrogen (secondary N) is 1. The van der Waals surface area contributed by atoms with Crippen molar-refractivity contribution in [2.45, 2.75) is 71.3 Å². The highest BCUT2D eigenvalue weighted by molar-refractivity contribution is 5.85. The van der Waals surface area contributed by atoms with E-state index in [2.05, 4.69) is 19.2 Å². The highest BCUT2D eigenvalue weighted by atomic mass is 35.5. The molecule has 126 valence electrons. The van der Waals surface area contributed by atoms with Crippen molar-refractivity contribution in [3.05, 3.63) is 0 Å². The first-order valence-corrected chi connectivity index (χ1v) is 8.87. The van der Waals surface area contributed by atoms with Gasteiger partial charge in [0.15, 0.2) is 0 Å². The second kappa shape index (κ2) is 5.11. The van der Waals surface area contributed by atoms with Crippen molar-refractivity contribution in [2.24, 2.45) is 33.8 Å². The van der Waals surface area contributed by atoms with E-state index in [1.54, 1.807) is 0 Å². The SMILES string of the molecule is CC12CC3CC(C)(C1)CC(C(=O)NC(CN)C1CC1)(C3)C2.Cl. The lowest BCUT2D eigenvalue weighted by Crippen LogP contribution is -2.61. The van der Waals surface area contributed by atoms with E-state index >= 15 is 0 Å². The van der Waals surface area contributed by atoms with Crippen LogP contribution in [-0.2, 0) is 4.79 Å². The van der Waals surface area contributed by atoms with Crippen molar-refractivity contribution in [1.29, 1.82) is 0 Å². The summed E-state index contributed by atoms with van der Waals surface area (Å²) in [5, 5.41) is 3.36. The molecule has 22 heavy (non-hydrogen) atoms. The molecule has 0 spiro atoms. The van der Waals surface area contributed by atoms with Gasteiger partial charge in [-0.3, -0.25) is 4.79 Å². The van der Waals surface area contributed by atoms with Crippen LogP contribution in [0.1, 0.15) is 65.2 Å². The quantitative estimate of drug-likeness (QED) is 0.833. The number of carbonyl (C=O) groups excluding carboxylic acids is 1. The van der Waals surface area contributed by atoms with Crippen LogP contribution in [0, 0.1) is 28.1 Å². The Kier molecular flexibility index (Phi) is 3.85. The molecule has 0 aromatic carbocycles. The van der Waals surface area contributed by atoms with Crippen LogP contribution in [0.4, 0.5) is 0 Å². The van der Waals surface area contributed by atoms with E-state index in [9.17, 15) is 4.79 Å². The fraction of sp³-hybridized carbons (Fsp3) is 0.944. The molecular formula is C18H31ClN2O. The number of nitrogens with two attached hydrogens (primary N) is 1. The third-order valence-electron chi connectivity index (χ3n) is 6.87. The van der Waals surface area contributed by atoms with Crippen molar-refractivity contribution >= 4 is 18.3 Å². The maximum Gasteiger partial charge on any atom is 0.226 e. The van der Waals surface area contributed by atoms with E-state index in [4.69, 9.17) is 5.73 Å². The predicted molar refractivity (Wildman–Crippen MR) is 90.8 cm³/mol. The Bertz CT molecular complexity index is 458. The molecule has 1 amide bonds. The zero-order valence-electron chi connectivity index (χ0n) is 14.0. The molecule has 5 saturated carbocycles. The highest BCUT2D eigenvalue weighted by Crippen LogP contribution is 2.69. The molecule has 0 radical (unpaired) electrons. The van der Waals surface area contributed by atoms with Crippen molar-refractivity contribution in [2.75, 3.05) is 6.54 Å². The van der Waals surface area contributed by atoms with Gasteiger partial charge in [0.25, 0.3) is 0 Å². The average molecular weight is 327 g/mol. The van der Waals surface area contributed by atoms with E-state index in [1.807, 2.05) is 0 Å². The summed E-state index contributed by atoms with van der Waals surface area (Å²) in [6.07, 6.45) is 9.86. The first kappa shape index (κ1) is 16.6. The van der Waals surface area contributed by atoms with Crippen LogP contribution in [-0.4, -0.2) is 18.5 Å². The van der Waals surface area contributed by atoms with Gasteiger partial charge in [-0.1, -0.05) is 13.8 Å². The van der Waals surface area contributed by atoms with E-state index < -0.39 is 0 Å². The van der Waals surface area contributed by atoms with E-state index in [1.165, 1.54) is 32.1 Å². The largest absolute Gasteiger partial charge is 0.351 e. The number of hydrogen-bond acceptors (Lipinski definition) is 2. The van der Waals surface area contributed by atoms with Crippen LogP contribution in [0.3, 0.4) is 0 Å². The number of rotatable bonds is 4. The predicted octanol–water partition coefficient (Wildman–Crippen LogP) is 3.26. The minimum absolute atomic E-state index is 0. The molecule has 5 aliphatic carbocycles. The van der Waals surface area contributed by atoms with Crippen molar-refractivity contribution in [3.63, 3.8) is 0 Å². The molecule has 3 atom stereocenters. The maximum atomic E-state index is 13.1. The lowest BCUT2D eigenvalue weighted by Gasteiger charge is -2.64. The second-order valence-corrected chi connectivity index (χ2v) is 9.56. The van der Waals surface area contributed by atoms with Gasteiger partial charge in [0, 0.05) is 12.6 Å². The van der Waals surface area contributed by atoms with Gasteiger partial charge in [-0.15, -0.1) is 12.4 Å². The normalized spacial score (nSPS) is 47.0. The molecule has 5 fully saturated rings. The van der Waals surface area contributed by atoms with Gasteiger partial charge in [0.1, 0.15) is 0 Å². The number of amides is 1. The zero-order chi connectivity index (χ0) is 14.9. The van der Waals surface area contributed by atoms with Crippen molar-refractivity contribution in [3.8, 4) is 0 Å². The Morgan fingerprint density at radius 1 is 1.14 bits per heavy atom. The van der Waals surface area contributed by atoms with Crippen LogP contribution in [0.2, 0.25) is 0 Å². The summed E-state index contributed by atoms with van der Waals surface area (Å²) in [5.41, 5.74) is 6.62. The van der Waals surface area contributed by atoms with Crippen molar-refractivity contribution < 1.29 is 4.79 Å². The van der Waals surface area contributed by atoms with Gasteiger partial charge in [0.05, 0.1) is 5.41 Å². The molecule has 0 saturated heterocycles. The van der Waals surface area contributed by atoms with E-state index in [-0.39, 0.29) is 23.9 Å². The molecule has 4 bridgehead atoms. The Hall–Kier alpha value is -0.280. The standard InChI is InChI=1S/C18H30N2O.ClH/c1-16-5-12-6-17(2,9-16)11-18(7-12,10-16)15(21)20-14(8-19)13-3-4-13;/h12-14H,3-11,19H2,1-2H3,(H,20,21);1H. The van der Waals surface area contributed by atoms with Gasteiger partial charge in [-0.25, -0.2) is 0 Å². The molecule has 0 aromatic rings. The van der Waals surface area contributed by atoms with Crippen LogP contribution in [0.25, 0.3) is 0 Å². The van der Waals surface area contributed by atoms with Gasteiger partial charge in [0.2, 0.25) is 5.91 Å². The maximum absolute atomic E-state index is 13.1. The molecule has 0 heterocycles. The van der Waals surface area contributed by atoms with Crippen LogP contribution >= 0.6 is 12.4 Å². The van der Waals surface area contributed by atoms with Crippen LogP contribution in [0.5, 0.6) is 0 Å². The van der Waals surface area contributed by atoms with Crippen LogP contribution < -0.4 is 11.1 Å². The van der Waals surface area contributed by atoms with Gasteiger partial charge >= 0.3 is 0 Å². The third kappa shape index (κ3) is 2.58. The Balaban J connectivity index is 0.00000144. The van der Waals surface area contributed by atoms with Gasteiger partial charge < -0.3 is 11.1 Å². The first-order valence-electron chi connectivity index (χ1n) is 8.87. The lowest BCUT2D eigenvalue weighted by molar-refractivity contribution is -0.170. The molecule has 5 aliphatic rings. The summed E-state index contributed by atoms with van der Waals surface area (Å²) in [4.78, 5) is 13.1. The van der Waals surface area contributed by atoms with E-state index in [0.29, 0.717) is 29.2 Å². The zero-order valence-corrected chi connectivity index (χ0v) is 14.8. The minimum atomic E-state index is -0.0781. The van der Waals surface area contributed by atoms with Gasteiger partial charge in [-0.05, 0) is 74.0 Å². The summed E-state index contributed by atoms with van der Waals surface area (Å²) in [6.45, 7) is 5.46. The highest BCUT2D eigenvalue weighted by Gasteiger charge is 2.62. The molecule has 3 unspecified atom stereocenters. The monoisotopic (exact) mass is 326 g/mol. The number of carbonyl (C=O) groups is 1. The summed E-state index contributed by atoms with van der Waals surface area (Å²) in [5.74, 6) is 1.77. The molecule has 4 heteroatoms. The molecule has 0 aromatic heterocycles. The fourth-order valence-corrected chi connectivity index (χ4v) is 6.89. The summed E-state index contributed by atoms with van der Waals surface area (Å²) in [6, 6.07) is 0.228. The summed E-state index contributed by atoms with van der Waals surface area (Å²) < 4.78 is 0. The number of hydrogen-bond donors (Lipinski definition) is 2. The molecule has 3 N–H and O–H groups in total. The Morgan fingerprint density at radius 2 is 1.73 bits per heavy atom. The van der Waals surface area contributed by atoms with E-state index in [0.717, 1.165) is 25.2 Å². The topological polar surface area (TPSA) is 55.1 Å². The van der Waals surface area contributed by atoms with Gasteiger partial charge in [-0.2, -0.15) is 0 Å². The molecular weight excluding hydrogens is 296 g/mol. The number of halogens is 1. The molecule has 3 nitrogen and oxygen atoms in total. The summed E-state index contributed by atoms with van der Waals surface area (Å²) in [7, 11) is 0. The minimum Gasteiger partial charge on any atom is -0.351 e. The fourth-order valence-electron chi connectivity index (χ4n) is 6.89. The summed E-state index contributed by atoms with van der Waals surface area (Å²) >= 11 is 0. The smallest absolute Gasteiger partial charge is 0.226 e. The van der Waals surface area contributed by atoms with Crippen LogP contribution in [0.15, 0.2) is 0 Å². The average Bonchev–Trinajstić information content (AvgIpc) is 3.15. The van der Waals surface area contributed by atoms with Crippen molar-refractivity contribution in [1.82, 2.24) is 5.32 Å². The third-order valence-corrected chi connectivity index (χ3v) is 6.87. The molecule has 0 aliphatic heterocycles. The lowest BCUT2D eigenvalue weighted by atomic mass is 9.40. The molecule has 5 rings (SSSR count). The second-order valence-electron chi connectivity index (χ2n) is 9.56. The first-order chi connectivity index (χ1) is 9.85. The Morgan fingerprint density at radius 3 is 2.18 bits per heavy atom.